The third kappa shape index (κ3) is 4.39. The molecule has 0 radical (unpaired) electrons. The van der Waals surface area contributed by atoms with Crippen molar-refractivity contribution in [3.05, 3.63) is 18.0 Å². The van der Waals surface area contributed by atoms with Crippen LogP contribution < -0.4 is 15.2 Å². The monoisotopic (exact) mass is 283 g/mol. The second-order valence-electron chi connectivity index (χ2n) is 4.00. The van der Waals surface area contributed by atoms with Crippen molar-refractivity contribution in [2.75, 3.05) is 27.3 Å². The van der Waals surface area contributed by atoms with E-state index in [1.807, 2.05) is 0 Å². The minimum Gasteiger partial charge on any atom is -0.493 e. The van der Waals surface area contributed by atoms with Gasteiger partial charge in [0.15, 0.2) is 11.5 Å². The highest BCUT2D eigenvalue weighted by molar-refractivity contribution is 5.77. The summed E-state index contributed by atoms with van der Waals surface area (Å²) >= 11 is 0. The molecule has 0 saturated heterocycles. The molecule has 1 heterocycles. The minimum atomic E-state index is -1.06. The first-order valence-electron chi connectivity index (χ1n) is 5.76. The van der Waals surface area contributed by atoms with Crippen LogP contribution in [0.1, 0.15) is 5.69 Å². The number of pyridine rings is 1. The van der Waals surface area contributed by atoms with E-state index >= 15 is 0 Å². The fraction of sp³-hybridized carbons (Fsp3) is 0.417. The highest BCUT2D eigenvalue weighted by Crippen LogP contribution is 2.29. The van der Waals surface area contributed by atoms with Crippen molar-refractivity contribution >= 4 is 11.9 Å². The van der Waals surface area contributed by atoms with Gasteiger partial charge in [-0.2, -0.15) is 0 Å². The number of hydrogen-bond acceptors (Lipinski definition) is 6. The summed E-state index contributed by atoms with van der Waals surface area (Å²) in [5, 5.41) is 8.83. The Morgan fingerprint density at radius 3 is 2.55 bits per heavy atom. The van der Waals surface area contributed by atoms with Gasteiger partial charge in [0.2, 0.25) is 5.91 Å². The van der Waals surface area contributed by atoms with Gasteiger partial charge in [0.1, 0.15) is 5.69 Å². The smallest absolute Gasteiger partial charge is 0.317 e. The lowest BCUT2D eigenvalue weighted by Crippen LogP contribution is -2.37. The minimum absolute atomic E-state index is 0.107. The molecule has 8 nitrogen and oxygen atoms in total. The Labute approximate surface area is 116 Å². The summed E-state index contributed by atoms with van der Waals surface area (Å²) in [4.78, 5) is 27.2. The molecule has 0 aliphatic heterocycles. The lowest BCUT2D eigenvalue weighted by atomic mass is 10.2. The molecule has 110 valence electrons. The van der Waals surface area contributed by atoms with Gasteiger partial charge in [-0.15, -0.1) is 0 Å². The van der Waals surface area contributed by atoms with Crippen molar-refractivity contribution in [1.82, 2.24) is 9.88 Å². The zero-order chi connectivity index (χ0) is 15.1. The molecule has 20 heavy (non-hydrogen) atoms. The molecule has 1 aromatic rings. The van der Waals surface area contributed by atoms with E-state index in [1.165, 1.54) is 25.3 Å². The summed E-state index contributed by atoms with van der Waals surface area (Å²) in [6.45, 7) is -0.408. The number of amides is 1. The van der Waals surface area contributed by atoms with Crippen LogP contribution in [0.5, 0.6) is 11.5 Å². The molecule has 3 N–H and O–H groups in total. The molecule has 0 atom stereocenters. The van der Waals surface area contributed by atoms with Gasteiger partial charge >= 0.3 is 5.97 Å². The second-order valence-corrected chi connectivity index (χ2v) is 4.00. The Morgan fingerprint density at radius 2 is 2.05 bits per heavy atom. The molecule has 0 saturated carbocycles. The summed E-state index contributed by atoms with van der Waals surface area (Å²) in [5.74, 6) is -0.803. The number of hydrogen-bond donors (Lipinski definition) is 2. The molecule has 0 unspecified atom stereocenters. The Kier molecular flexibility index (Phi) is 5.73. The number of nitrogens with two attached hydrogens (primary N) is 1. The first kappa shape index (κ1) is 15.7. The van der Waals surface area contributed by atoms with Gasteiger partial charge in [0.05, 0.1) is 27.3 Å². The van der Waals surface area contributed by atoms with E-state index in [9.17, 15) is 9.59 Å². The number of aromatic nitrogens is 1. The molecular formula is C12H17N3O5. The van der Waals surface area contributed by atoms with E-state index in [0.717, 1.165) is 0 Å². The first-order chi connectivity index (χ1) is 9.47. The average Bonchev–Trinajstić information content (AvgIpc) is 2.36. The largest absolute Gasteiger partial charge is 0.493 e. The van der Waals surface area contributed by atoms with Gasteiger partial charge in [-0.25, -0.2) is 0 Å². The Balaban J connectivity index is 2.97. The van der Waals surface area contributed by atoms with Crippen LogP contribution in [0.25, 0.3) is 0 Å². The van der Waals surface area contributed by atoms with Gasteiger partial charge in [0.25, 0.3) is 0 Å². The highest BCUT2D eigenvalue weighted by atomic mass is 16.5. The number of carboxylic acid groups (broad SMARTS) is 1. The summed E-state index contributed by atoms with van der Waals surface area (Å²) in [6.07, 6.45) is 1.51. The van der Waals surface area contributed by atoms with Gasteiger partial charge < -0.3 is 20.3 Å². The van der Waals surface area contributed by atoms with Crippen molar-refractivity contribution in [3.63, 3.8) is 0 Å². The zero-order valence-electron chi connectivity index (χ0n) is 11.3. The molecule has 1 aromatic heterocycles. The number of methoxy groups -OCH3 is 2. The Hall–Kier alpha value is -2.35. The van der Waals surface area contributed by atoms with Crippen LogP contribution in [0, 0.1) is 0 Å². The standard InChI is InChI=1S/C12H17N3O5/c1-19-9-3-4-14-8(12(9)20-2)5-15(6-10(13)16)7-11(17)18/h3-4H,5-7H2,1-2H3,(H2,13,16)(H,17,18). The van der Waals surface area contributed by atoms with Crippen LogP contribution in [0.4, 0.5) is 0 Å². The fourth-order valence-electron chi connectivity index (χ4n) is 1.75. The lowest BCUT2D eigenvalue weighted by molar-refractivity contribution is -0.138. The number of ether oxygens (including phenoxy) is 2. The molecule has 0 spiro atoms. The Morgan fingerprint density at radius 1 is 1.35 bits per heavy atom. The van der Waals surface area contributed by atoms with E-state index < -0.39 is 11.9 Å². The summed E-state index contributed by atoms with van der Waals surface area (Å²) in [5.41, 5.74) is 5.57. The van der Waals surface area contributed by atoms with Gasteiger partial charge in [-0.05, 0) is 0 Å². The normalized spacial score (nSPS) is 10.3. The van der Waals surface area contributed by atoms with E-state index in [2.05, 4.69) is 4.98 Å². The van der Waals surface area contributed by atoms with Crippen molar-refractivity contribution in [2.24, 2.45) is 5.73 Å². The number of carboxylic acids is 1. The van der Waals surface area contributed by atoms with Gasteiger partial charge in [-0.3, -0.25) is 19.5 Å². The molecule has 8 heteroatoms. The predicted octanol–water partition coefficient (Wildman–Crippen LogP) is -0.529. The highest BCUT2D eigenvalue weighted by Gasteiger charge is 2.18. The SMILES string of the molecule is COc1ccnc(CN(CC(N)=O)CC(=O)O)c1OC. The van der Waals surface area contributed by atoms with E-state index in [1.54, 1.807) is 6.07 Å². The molecule has 0 fully saturated rings. The molecule has 0 aliphatic carbocycles. The van der Waals surface area contributed by atoms with Gasteiger partial charge in [-0.1, -0.05) is 0 Å². The van der Waals surface area contributed by atoms with Crippen LogP contribution in [-0.4, -0.2) is 54.2 Å². The third-order valence-corrected chi connectivity index (χ3v) is 2.48. The fourth-order valence-corrected chi connectivity index (χ4v) is 1.75. The summed E-state index contributed by atoms with van der Waals surface area (Å²) < 4.78 is 10.3. The first-order valence-corrected chi connectivity index (χ1v) is 5.76. The molecular weight excluding hydrogens is 266 g/mol. The molecule has 0 aromatic carbocycles. The number of nitrogens with zero attached hydrogens (tertiary/aromatic N) is 2. The average molecular weight is 283 g/mol. The van der Waals surface area contributed by atoms with Crippen LogP contribution in [0.15, 0.2) is 12.3 Å². The summed E-state index contributed by atoms with van der Waals surface area (Å²) in [6, 6.07) is 1.62. The lowest BCUT2D eigenvalue weighted by Gasteiger charge is -2.19. The van der Waals surface area contributed by atoms with E-state index in [4.69, 9.17) is 20.3 Å². The molecule has 1 rings (SSSR count). The maximum atomic E-state index is 11.0. The van der Waals surface area contributed by atoms with Gasteiger partial charge in [0, 0.05) is 18.8 Å². The van der Waals surface area contributed by atoms with Crippen molar-refractivity contribution in [2.45, 2.75) is 6.54 Å². The van der Waals surface area contributed by atoms with E-state index in [0.29, 0.717) is 17.2 Å². The maximum absolute atomic E-state index is 11.0. The van der Waals surface area contributed by atoms with Crippen molar-refractivity contribution in [3.8, 4) is 11.5 Å². The quantitative estimate of drug-likeness (QED) is 0.659. The second kappa shape index (κ2) is 7.29. The van der Waals surface area contributed by atoms with Crippen LogP contribution in [0.2, 0.25) is 0 Å². The Bertz CT molecular complexity index is 476. The molecule has 1 amide bonds. The summed E-state index contributed by atoms with van der Waals surface area (Å²) in [7, 11) is 2.94. The van der Waals surface area contributed by atoms with E-state index in [-0.39, 0.29) is 19.6 Å². The van der Waals surface area contributed by atoms with Crippen LogP contribution >= 0.6 is 0 Å². The third-order valence-electron chi connectivity index (χ3n) is 2.48. The van der Waals surface area contributed by atoms with Crippen LogP contribution in [-0.2, 0) is 16.1 Å². The topological polar surface area (TPSA) is 115 Å². The van der Waals surface area contributed by atoms with Crippen molar-refractivity contribution < 1.29 is 24.2 Å². The molecule has 0 aliphatic rings. The maximum Gasteiger partial charge on any atom is 0.317 e. The van der Waals surface area contributed by atoms with Crippen molar-refractivity contribution in [1.29, 1.82) is 0 Å². The van der Waals surface area contributed by atoms with Crippen LogP contribution in [0.3, 0.4) is 0 Å². The number of aliphatic carboxylic acids is 1. The number of rotatable bonds is 8. The number of carbonyl (C=O) groups is 2. The molecule has 0 bridgehead atoms. The predicted molar refractivity (Wildman–Crippen MR) is 69.4 cm³/mol. The number of carbonyl (C=O) groups excluding carboxylic acids is 1. The number of primary amides is 1. The zero-order valence-corrected chi connectivity index (χ0v) is 11.3.